The van der Waals surface area contributed by atoms with E-state index < -0.39 is 0 Å². The molecule has 80 valence electrons. The van der Waals surface area contributed by atoms with Crippen LogP contribution in [0.2, 0.25) is 0 Å². The topological polar surface area (TPSA) is 56.2 Å². The molecule has 0 fully saturated rings. The zero-order chi connectivity index (χ0) is 11.3. The van der Waals surface area contributed by atoms with Crippen LogP contribution >= 0.6 is 0 Å². The van der Waals surface area contributed by atoms with Gasteiger partial charge in [-0.1, -0.05) is 18.2 Å². The summed E-state index contributed by atoms with van der Waals surface area (Å²) in [5, 5.41) is 21.0. The average Bonchev–Trinajstić information content (AvgIpc) is 2.64. The second-order valence-corrected chi connectivity index (χ2v) is 3.98. The fourth-order valence-corrected chi connectivity index (χ4v) is 2.13. The van der Waals surface area contributed by atoms with Crippen LogP contribution < -0.4 is 0 Å². The molecule has 0 aliphatic heterocycles. The van der Waals surface area contributed by atoms with Crippen molar-refractivity contribution in [3.8, 4) is 11.5 Å². The monoisotopic (exact) mass is 213 g/mol. The molecule has 0 bridgehead atoms. The summed E-state index contributed by atoms with van der Waals surface area (Å²) < 4.78 is 0. The van der Waals surface area contributed by atoms with Crippen LogP contribution in [-0.4, -0.2) is 15.2 Å². The van der Waals surface area contributed by atoms with Crippen LogP contribution in [0.5, 0.6) is 11.5 Å². The molecule has 3 rings (SSSR count). The predicted molar refractivity (Wildman–Crippen MR) is 63.9 cm³/mol. The summed E-state index contributed by atoms with van der Waals surface area (Å²) in [4.78, 5) is 3.24. The molecule has 0 amide bonds. The number of hydrogen-bond acceptors (Lipinski definition) is 2. The van der Waals surface area contributed by atoms with Crippen molar-refractivity contribution >= 4 is 21.8 Å². The Morgan fingerprint density at radius 1 is 1.06 bits per heavy atom. The van der Waals surface area contributed by atoms with Gasteiger partial charge >= 0.3 is 0 Å². The Morgan fingerprint density at radius 3 is 2.69 bits per heavy atom. The Balaban J connectivity index is 2.63. The summed E-state index contributed by atoms with van der Waals surface area (Å²) in [6.07, 6.45) is 0. The van der Waals surface area contributed by atoms with Gasteiger partial charge in [0, 0.05) is 10.9 Å². The first-order valence-electron chi connectivity index (χ1n) is 5.10. The predicted octanol–water partition coefficient (Wildman–Crippen LogP) is 3.04. The van der Waals surface area contributed by atoms with Crippen LogP contribution in [0.4, 0.5) is 0 Å². The highest BCUT2D eigenvalue weighted by Gasteiger charge is 2.12. The van der Waals surface area contributed by atoms with E-state index in [9.17, 15) is 10.2 Å². The number of aromatic nitrogens is 1. The quantitative estimate of drug-likeness (QED) is 0.503. The number of benzene rings is 2. The number of hydrogen-bond donors (Lipinski definition) is 3. The smallest absolute Gasteiger partial charge is 0.167 e. The number of nitrogens with one attached hydrogen (secondary N) is 1. The lowest BCUT2D eigenvalue weighted by Gasteiger charge is -1.99. The highest BCUT2D eigenvalue weighted by molar-refractivity contribution is 6.11. The molecule has 1 heterocycles. The van der Waals surface area contributed by atoms with Crippen molar-refractivity contribution in [3.05, 3.63) is 35.9 Å². The number of phenols is 2. The maximum Gasteiger partial charge on any atom is 0.167 e. The molecule has 0 spiro atoms. The van der Waals surface area contributed by atoms with E-state index >= 15 is 0 Å². The standard InChI is InChI=1S/C13H11NO2/c1-7-3-2-4-8-11-9(14-12(7)8)5-6-10(15)13(11)16/h2-6,14-16H,1H3. The van der Waals surface area contributed by atoms with Gasteiger partial charge in [0.2, 0.25) is 0 Å². The maximum atomic E-state index is 9.87. The summed E-state index contributed by atoms with van der Waals surface area (Å²) in [7, 11) is 0. The summed E-state index contributed by atoms with van der Waals surface area (Å²) in [6.45, 7) is 2.01. The minimum Gasteiger partial charge on any atom is -0.504 e. The summed E-state index contributed by atoms with van der Waals surface area (Å²) in [6, 6.07) is 9.13. The Bertz CT molecular complexity index is 698. The molecule has 3 N–H and O–H groups in total. The van der Waals surface area contributed by atoms with Crippen molar-refractivity contribution in [3.63, 3.8) is 0 Å². The van der Waals surface area contributed by atoms with Gasteiger partial charge in [-0.05, 0) is 24.6 Å². The van der Waals surface area contributed by atoms with Gasteiger partial charge in [-0.15, -0.1) is 0 Å². The van der Waals surface area contributed by atoms with Crippen molar-refractivity contribution in [2.24, 2.45) is 0 Å². The second kappa shape index (κ2) is 2.92. The maximum absolute atomic E-state index is 9.87. The lowest BCUT2D eigenvalue weighted by molar-refractivity contribution is 0.408. The Hall–Kier alpha value is -2.16. The van der Waals surface area contributed by atoms with Crippen molar-refractivity contribution in [1.82, 2.24) is 4.98 Å². The molecular formula is C13H11NO2. The molecule has 3 nitrogen and oxygen atoms in total. The van der Waals surface area contributed by atoms with Gasteiger partial charge in [-0.2, -0.15) is 0 Å². The minimum absolute atomic E-state index is 0.0608. The number of H-pyrrole nitrogens is 1. The fraction of sp³-hybridized carbons (Fsp3) is 0.0769. The largest absolute Gasteiger partial charge is 0.504 e. The highest BCUT2D eigenvalue weighted by atomic mass is 16.3. The Morgan fingerprint density at radius 2 is 1.88 bits per heavy atom. The van der Waals surface area contributed by atoms with Crippen molar-refractivity contribution in [2.45, 2.75) is 6.92 Å². The molecule has 0 saturated heterocycles. The normalized spacial score (nSPS) is 11.3. The Labute approximate surface area is 92.0 Å². The number of aromatic amines is 1. The van der Waals surface area contributed by atoms with Gasteiger partial charge in [-0.3, -0.25) is 0 Å². The van der Waals surface area contributed by atoms with E-state index in [1.54, 1.807) is 6.07 Å². The van der Waals surface area contributed by atoms with Gasteiger partial charge in [0.1, 0.15) is 0 Å². The third-order valence-corrected chi connectivity index (χ3v) is 2.96. The van der Waals surface area contributed by atoms with E-state index in [2.05, 4.69) is 4.98 Å². The molecule has 1 aromatic heterocycles. The van der Waals surface area contributed by atoms with E-state index in [4.69, 9.17) is 0 Å². The van der Waals surface area contributed by atoms with Gasteiger partial charge in [0.15, 0.2) is 11.5 Å². The van der Waals surface area contributed by atoms with E-state index in [0.717, 1.165) is 22.0 Å². The van der Waals surface area contributed by atoms with Crippen LogP contribution in [0.25, 0.3) is 21.8 Å². The lowest BCUT2D eigenvalue weighted by atomic mass is 10.1. The second-order valence-electron chi connectivity index (χ2n) is 3.98. The van der Waals surface area contributed by atoms with E-state index in [-0.39, 0.29) is 11.5 Å². The van der Waals surface area contributed by atoms with E-state index in [1.165, 1.54) is 6.07 Å². The Kier molecular flexibility index (Phi) is 1.66. The van der Waals surface area contributed by atoms with E-state index in [0.29, 0.717) is 5.39 Å². The van der Waals surface area contributed by atoms with Gasteiger partial charge in [0.05, 0.1) is 10.9 Å². The zero-order valence-corrected chi connectivity index (χ0v) is 8.78. The molecule has 2 aromatic carbocycles. The third kappa shape index (κ3) is 1.03. The third-order valence-electron chi connectivity index (χ3n) is 2.96. The van der Waals surface area contributed by atoms with Crippen LogP contribution in [0.15, 0.2) is 30.3 Å². The molecule has 0 atom stereocenters. The molecule has 0 aliphatic rings. The fourth-order valence-electron chi connectivity index (χ4n) is 2.13. The number of para-hydroxylation sites is 1. The SMILES string of the molecule is Cc1cccc2c1[nH]c1ccc(O)c(O)c12. The number of aromatic hydroxyl groups is 2. The number of rotatable bonds is 0. The van der Waals surface area contributed by atoms with Gasteiger partial charge in [-0.25, -0.2) is 0 Å². The summed E-state index contributed by atoms with van der Waals surface area (Å²) in [5.74, 6) is -0.149. The first kappa shape index (κ1) is 9.09. The zero-order valence-electron chi connectivity index (χ0n) is 8.78. The van der Waals surface area contributed by atoms with E-state index in [1.807, 2.05) is 25.1 Å². The molecule has 0 saturated carbocycles. The summed E-state index contributed by atoms with van der Waals surface area (Å²) >= 11 is 0. The number of fused-ring (bicyclic) bond motifs is 3. The molecule has 0 radical (unpaired) electrons. The lowest BCUT2D eigenvalue weighted by Crippen LogP contribution is -1.73. The first-order valence-corrected chi connectivity index (χ1v) is 5.10. The highest BCUT2D eigenvalue weighted by Crippen LogP contribution is 2.38. The van der Waals surface area contributed by atoms with Crippen LogP contribution in [-0.2, 0) is 0 Å². The molecule has 16 heavy (non-hydrogen) atoms. The summed E-state index contributed by atoms with van der Waals surface area (Å²) in [5.41, 5.74) is 2.95. The average molecular weight is 213 g/mol. The number of aryl methyl sites for hydroxylation is 1. The molecule has 3 aromatic rings. The molecule has 0 aliphatic carbocycles. The van der Waals surface area contributed by atoms with Crippen molar-refractivity contribution in [2.75, 3.05) is 0 Å². The van der Waals surface area contributed by atoms with Crippen molar-refractivity contribution < 1.29 is 10.2 Å². The first-order chi connectivity index (χ1) is 7.68. The van der Waals surface area contributed by atoms with Crippen LogP contribution in [0, 0.1) is 6.92 Å². The van der Waals surface area contributed by atoms with Crippen molar-refractivity contribution in [1.29, 1.82) is 0 Å². The molecule has 3 heteroatoms. The number of phenolic OH excluding ortho intramolecular Hbond substituents is 2. The van der Waals surface area contributed by atoms with Gasteiger partial charge < -0.3 is 15.2 Å². The van der Waals surface area contributed by atoms with Crippen LogP contribution in [0.3, 0.4) is 0 Å². The molecule has 0 unspecified atom stereocenters. The van der Waals surface area contributed by atoms with Crippen LogP contribution in [0.1, 0.15) is 5.56 Å². The molecular weight excluding hydrogens is 202 g/mol. The van der Waals surface area contributed by atoms with Gasteiger partial charge in [0.25, 0.3) is 0 Å². The minimum atomic E-state index is -0.0880.